The van der Waals surface area contributed by atoms with Crippen LogP contribution in [0.15, 0.2) is 29.2 Å². The van der Waals surface area contributed by atoms with Gasteiger partial charge < -0.3 is 0 Å². The van der Waals surface area contributed by atoms with Crippen LogP contribution in [0, 0.1) is 0 Å². The van der Waals surface area contributed by atoms with Crippen molar-refractivity contribution in [3.8, 4) is 0 Å². The van der Waals surface area contributed by atoms with Crippen LogP contribution in [0.25, 0.3) is 0 Å². The Hall–Kier alpha value is -0.920. The largest absolute Gasteiger partial charge is 0.224 e. The van der Waals surface area contributed by atoms with Gasteiger partial charge in [0.2, 0.25) is 5.70 Å². The zero-order valence-electron chi connectivity index (χ0n) is 4.23. The lowest BCUT2D eigenvalue weighted by Gasteiger charge is -1.62. The second-order valence-corrected chi connectivity index (χ2v) is 1.53. The molecule has 0 saturated carbocycles. The Morgan fingerprint density at radius 1 is 1.86 bits per heavy atom. The van der Waals surface area contributed by atoms with Crippen LogP contribution in [0.3, 0.4) is 0 Å². The van der Waals surface area contributed by atoms with Crippen molar-refractivity contribution in [3.05, 3.63) is 24.0 Å². The van der Waals surface area contributed by atoms with E-state index >= 15 is 0 Å². The van der Waals surface area contributed by atoms with Gasteiger partial charge in [0.05, 0.1) is 0 Å². The normalized spacial score (nSPS) is 17.9. The fourth-order valence-electron chi connectivity index (χ4n) is 0.477. The molecule has 2 nitrogen and oxygen atoms in total. The summed E-state index contributed by atoms with van der Waals surface area (Å²) in [6, 6.07) is 0. The van der Waals surface area contributed by atoms with Crippen LogP contribution < -0.4 is 5.11 Å². The minimum Gasteiger partial charge on any atom is -0.0999 e. The fraction of sp³-hybridized carbons (Fsp3) is 0.200. The van der Waals surface area contributed by atoms with Gasteiger partial charge in [0.25, 0.3) is 0 Å². The van der Waals surface area contributed by atoms with Crippen LogP contribution in [0.1, 0.15) is 6.92 Å². The number of rotatable bonds is 0. The first-order chi connectivity index (χ1) is 3.29. The van der Waals surface area contributed by atoms with Gasteiger partial charge in [-0.05, 0) is 18.6 Å². The van der Waals surface area contributed by atoms with Crippen molar-refractivity contribution in [2.45, 2.75) is 6.92 Å². The van der Waals surface area contributed by atoms with E-state index in [4.69, 9.17) is 0 Å². The third-order valence-corrected chi connectivity index (χ3v) is 0.759. The van der Waals surface area contributed by atoms with E-state index in [0.717, 1.165) is 11.4 Å². The monoisotopic (exact) mass is 95.1 g/mol. The molecule has 1 N–H and O–H groups in total. The van der Waals surface area contributed by atoms with Crippen LogP contribution in [0.4, 0.5) is 0 Å². The number of hydrogen-bond donors (Lipinski definition) is 1. The minimum atomic E-state index is 0.873. The molecule has 0 amide bonds. The van der Waals surface area contributed by atoms with Crippen molar-refractivity contribution in [1.82, 2.24) is 0 Å². The summed E-state index contributed by atoms with van der Waals surface area (Å²) >= 11 is 0. The van der Waals surface area contributed by atoms with Gasteiger partial charge in [-0.1, -0.05) is 5.11 Å². The van der Waals surface area contributed by atoms with Gasteiger partial charge in [-0.25, -0.2) is 0 Å². The third-order valence-electron chi connectivity index (χ3n) is 0.759. The summed E-state index contributed by atoms with van der Waals surface area (Å²) < 4.78 is 0. The highest BCUT2D eigenvalue weighted by molar-refractivity contribution is 5.12. The molecule has 7 heavy (non-hydrogen) atoms. The standard InChI is InChI=1S/C5H6N2/c1-4-3-5(2)7-6-4/h3H,1H2,2H3/p+1. The molecule has 1 heterocycles. The van der Waals surface area contributed by atoms with Crippen LogP contribution in [-0.4, -0.2) is 0 Å². The second-order valence-electron chi connectivity index (χ2n) is 1.53. The number of hydrogen-bond acceptors (Lipinski definition) is 1. The molecule has 1 aliphatic heterocycles. The van der Waals surface area contributed by atoms with Gasteiger partial charge in [-0.2, -0.15) is 0 Å². The Morgan fingerprint density at radius 2 is 2.57 bits per heavy atom. The first-order valence-electron chi connectivity index (χ1n) is 2.13. The molecule has 0 aromatic carbocycles. The molecule has 0 fully saturated rings. The summed E-state index contributed by atoms with van der Waals surface area (Å²) in [6.07, 6.45) is 1.89. The molecule has 0 unspecified atom stereocenters. The molecule has 0 saturated heterocycles. The van der Waals surface area contributed by atoms with Crippen LogP contribution >= 0.6 is 0 Å². The molecule has 1 aliphatic rings. The van der Waals surface area contributed by atoms with Gasteiger partial charge in [0, 0.05) is 6.08 Å². The highest BCUT2D eigenvalue weighted by Gasteiger charge is 2.02. The minimum absolute atomic E-state index is 0.873. The Bertz CT molecular complexity index is 153. The molecule has 0 atom stereocenters. The topological polar surface area (TPSA) is 26.3 Å². The molecular weight excluding hydrogens is 88.1 g/mol. The number of nitrogens with zero attached hydrogens (tertiary/aromatic N) is 1. The Morgan fingerprint density at radius 3 is 2.71 bits per heavy atom. The predicted octanol–water partition coefficient (Wildman–Crippen LogP) is -0.0497. The number of allylic oxidation sites excluding steroid dienone is 2. The molecular formula is C5H7N2+. The Balaban J connectivity index is 2.88. The highest BCUT2D eigenvalue weighted by Crippen LogP contribution is 1.96. The maximum atomic E-state index is 3.83. The van der Waals surface area contributed by atoms with E-state index < -0.39 is 0 Å². The van der Waals surface area contributed by atoms with Gasteiger partial charge in [0.15, 0.2) is 0 Å². The van der Waals surface area contributed by atoms with E-state index in [1.807, 2.05) is 13.0 Å². The van der Waals surface area contributed by atoms with E-state index in [9.17, 15) is 0 Å². The molecule has 1 rings (SSSR count). The Labute approximate surface area is 42.3 Å². The van der Waals surface area contributed by atoms with Crippen molar-refractivity contribution in [1.29, 1.82) is 0 Å². The molecule has 0 spiro atoms. The third kappa shape index (κ3) is 0.738. The molecule has 36 valence electrons. The van der Waals surface area contributed by atoms with E-state index in [1.54, 1.807) is 0 Å². The lowest BCUT2D eigenvalue weighted by Crippen LogP contribution is -2.59. The second kappa shape index (κ2) is 1.30. The van der Waals surface area contributed by atoms with E-state index in [2.05, 4.69) is 16.8 Å². The van der Waals surface area contributed by atoms with Crippen molar-refractivity contribution < 1.29 is 5.11 Å². The summed E-state index contributed by atoms with van der Waals surface area (Å²) in [5.41, 5.74) is 1.86. The zero-order valence-corrected chi connectivity index (χ0v) is 4.23. The molecule has 0 aromatic heterocycles. The highest BCUT2D eigenvalue weighted by atomic mass is 15.1. The van der Waals surface area contributed by atoms with E-state index in [-0.39, 0.29) is 0 Å². The van der Waals surface area contributed by atoms with Gasteiger partial charge in [-0.3, -0.25) is 0 Å². The van der Waals surface area contributed by atoms with E-state index in [0.29, 0.717) is 0 Å². The molecule has 0 bridgehead atoms. The maximum Gasteiger partial charge on any atom is 0.224 e. The van der Waals surface area contributed by atoms with Crippen molar-refractivity contribution in [2.75, 3.05) is 0 Å². The van der Waals surface area contributed by atoms with Gasteiger partial charge >= 0.3 is 0 Å². The Kier molecular flexibility index (Phi) is 0.785. The van der Waals surface area contributed by atoms with Gasteiger partial charge in [0.1, 0.15) is 5.70 Å². The number of azo groups is 1. The average Bonchev–Trinajstić information content (AvgIpc) is 1.87. The van der Waals surface area contributed by atoms with E-state index in [1.165, 1.54) is 0 Å². The maximum absolute atomic E-state index is 3.83. The van der Waals surface area contributed by atoms with Crippen molar-refractivity contribution in [3.63, 3.8) is 0 Å². The molecule has 0 radical (unpaired) electrons. The SMILES string of the molecule is C=C1C=C(C)N=[NH+]1. The fourth-order valence-corrected chi connectivity index (χ4v) is 0.477. The quantitative estimate of drug-likeness (QED) is 0.436. The first kappa shape index (κ1) is 4.24. The average molecular weight is 95.1 g/mol. The molecule has 0 aliphatic carbocycles. The summed E-state index contributed by atoms with van der Waals surface area (Å²) in [5.74, 6) is 0. The van der Waals surface area contributed by atoms with Crippen LogP contribution in [0.2, 0.25) is 0 Å². The first-order valence-corrected chi connectivity index (χ1v) is 2.13. The van der Waals surface area contributed by atoms with Crippen molar-refractivity contribution in [2.24, 2.45) is 5.11 Å². The van der Waals surface area contributed by atoms with Gasteiger partial charge in [-0.15, -0.1) is 0 Å². The van der Waals surface area contributed by atoms with Crippen molar-refractivity contribution >= 4 is 0 Å². The smallest absolute Gasteiger partial charge is 0.0999 e. The molecule has 2 heteroatoms. The lowest BCUT2D eigenvalue weighted by molar-refractivity contribution is -0.463. The summed E-state index contributed by atoms with van der Waals surface area (Å²) in [6.45, 7) is 5.55. The number of nitrogens with one attached hydrogen (secondary N) is 1. The molecule has 0 aromatic rings. The predicted molar refractivity (Wildman–Crippen MR) is 26.3 cm³/mol. The summed E-state index contributed by atoms with van der Waals surface area (Å²) in [7, 11) is 0. The summed E-state index contributed by atoms with van der Waals surface area (Å²) in [5, 5.41) is 6.54. The van der Waals surface area contributed by atoms with Crippen LogP contribution in [0.5, 0.6) is 0 Å². The zero-order chi connectivity index (χ0) is 5.28. The van der Waals surface area contributed by atoms with Crippen LogP contribution in [-0.2, 0) is 0 Å². The summed E-state index contributed by atoms with van der Waals surface area (Å²) in [4.78, 5) is 0. The lowest BCUT2D eigenvalue weighted by atomic mass is 10.4.